The zero-order valence-corrected chi connectivity index (χ0v) is 24.3. The van der Waals surface area contributed by atoms with Gasteiger partial charge in [-0.25, -0.2) is 4.39 Å². The summed E-state index contributed by atoms with van der Waals surface area (Å²) >= 11 is 5.98. The Hall–Kier alpha value is -3.53. The molecule has 2 aromatic carbocycles. The highest BCUT2D eigenvalue weighted by molar-refractivity contribution is 6.30. The topological polar surface area (TPSA) is 46.2 Å². The molecule has 0 bridgehead atoms. The van der Waals surface area contributed by atoms with Gasteiger partial charge >= 0.3 is 18.5 Å². The molecule has 0 radical (unpaired) electrons. The fraction of sp³-hybridized carbons (Fsp3) is 0.400. The van der Waals surface area contributed by atoms with Gasteiger partial charge in [0.25, 0.3) is 0 Å². The number of ketones is 1. The number of carbonyl (C=O) groups is 2. The Balaban J connectivity index is 2.50. The zero-order chi connectivity index (χ0) is 33.8. The summed E-state index contributed by atoms with van der Waals surface area (Å²) in [5.74, 6) is -2.86. The Morgan fingerprint density at radius 1 is 0.955 bits per heavy atom. The summed E-state index contributed by atoms with van der Waals surface area (Å²) in [5.41, 5.74) is -4.65. The first-order valence-electron chi connectivity index (χ1n) is 12.7. The molecule has 0 heterocycles. The number of rotatable bonds is 8. The van der Waals surface area contributed by atoms with Crippen molar-refractivity contribution in [3.05, 3.63) is 75.3 Å². The molecule has 0 spiro atoms. The second-order valence-corrected chi connectivity index (χ2v) is 11.4. The van der Waals surface area contributed by atoms with E-state index in [-0.39, 0.29) is 22.7 Å². The minimum atomic E-state index is -5.29. The third-order valence-corrected chi connectivity index (χ3v) is 6.05. The van der Waals surface area contributed by atoms with Crippen molar-refractivity contribution < 1.29 is 53.5 Å². The van der Waals surface area contributed by atoms with Crippen LogP contribution in [0, 0.1) is 23.2 Å². The van der Waals surface area contributed by atoms with Crippen LogP contribution in [0.25, 0.3) is 5.83 Å². The molecule has 240 valence electrons. The van der Waals surface area contributed by atoms with E-state index in [0.717, 1.165) is 19.1 Å². The van der Waals surface area contributed by atoms with E-state index in [1.54, 1.807) is 20.8 Å². The second-order valence-electron chi connectivity index (χ2n) is 10.9. The monoisotopic (exact) mass is 657 g/mol. The van der Waals surface area contributed by atoms with Crippen LogP contribution in [0.4, 0.5) is 43.9 Å². The molecular weight excluding hydrogens is 632 g/mol. The Labute approximate surface area is 251 Å². The van der Waals surface area contributed by atoms with Gasteiger partial charge in [0.1, 0.15) is 18.3 Å². The molecular formula is C30H26ClF10NO2. The lowest BCUT2D eigenvalue weighted by atomic mass is 9.92. The molecule has 2 aromatic rings. The van der Waals surface area contributed by atoms with E-state index in [2.05, 4.69) is 11.8 Å². The molecule has 1 amide bonds. The fourth-order valence-electron chi connectivity index (χ4n) is 3.76. The number of Topliss-reactive ketones (excluding diaryl/α,β-unsaturated/α-hetero) is 1. The minimum absolute atomic E-state index is 0.0661. The first kappa shape index (κ1) is 36.7. The van der Waals surface area contributed by atoms with E-state index < -0.39 is 88.5 Å². The molecule has 2 rings (SSSR count). The number of nitrogens with one attached hydrogen (secondary N) is 1. The number of amides is 1. The van der Waals surface area contributed by atoms with E-state index in [1.165, 1.54) is 11.4 Å². The maximum atomic E-state index is 15.2. The maximum Gasteiger partial charge on any atom is 0.417 e. The van der Waals surface area contributed by atoms with Gasteiger partial charge in [-0.15, -0.1) is 0 Å². The van der Waals surface area contributed by atoms with E-state index in [1.807, 2.05) is 0 Å². The zero-order valence-electron chi connectivity index (χ0n) is 23.6. The average Bonchev–Trinajstić information content (AvgIpc) is 2.86. The van der Waals surface area contributed by atoms with Crippen LogP contribution >= 0.6 is 11.6 Å². The first-order valence-corrected chi connectivity index (χ1v) is 13.1. The van der Waals surface area contributed by atoms with Gasteiger partial charge in [0, 0.05) is 39.5 Å². The molecule has 0 aliphatic rings. The fourth-order valence-corrected chi connectivity index (χ4v) is 4.00. The molecule has 3 nitrogen and oxygen atoms in total. The summed E-state index contributed by atoms with van der Waals surface area (Å²) in [6.45, 7) is 4.56. The summed E-state index contributed by atoms with van der Waals surface area (Å²) in [4.78, 5) is 24.5. The number of hydrogen-bond donors (Lipinski definition) is 1. The standard InChI is InChI=1S/C30H26ClF10NO2/c1-16(26(44)42-15-28(33,34)35)9-25(43)21-6-5-18(13-23(21)30(39,40)41)24(32)14-22(29(36,37)38)19-10-17(11-20(31)12-19)7-8-27(2,3)4/h5-6,10-14,16,22H,9,15H2,1-4H3,(H,42,44)/b24-14-/t16-,22?/m0/s1. The van der Waals surface area contributed by atoms with E-state index >= 15 is 4.39 Å². The van der Waals surface area contributed by atoms with Gasteiger partial charge in [-0.1, -0.05) is 42.5 Å². The van der Waals surface area contributed by atoms with Crippen molar-refractivity contribution in [2.75, 3.05) is 6.54 Å². The summed E-state index contributed by atoms with van der Waals surface area (Å²) < 4.78 is 136. The van der Waals surface area contributed by atoms with Gasteiger partial charge in [0.05, 0.1) is 5.56 Å². The van der Waals surface area contributed by atoms with Crippen LogP contribution < -0.4 is 5.32 Å². The van der Waals surface area contributed by atoms with Crippen LogP contribution in [0.3, 0.4) is 0 Å². The third-order valence-electron chi connectivity index (χ3n) is 5.83. The van der Waals surface area contributed by atoms with Crippen molar-refractivity contribution in [3.63, 3.8) is 0 Å². The van der Waals surface area contributed by atoms with E-state index in [0.29, 0.717) is 12.1 Å². The highest BCUT2D eigenvalue weighted by Gasteiger charge is 2.41. The molecule has 1 N–H and O–H groups in total. The van der Waals surface area contributed by atoms with Crippen LogP contribution in [-0.4, -0.2) is 30.6 Å². The van der Waals surface area contributed by atoms with Crippen LogP contribution in [0.2, 0.25) is 5.02 Å². The van der Waals surface area contributed by atoms with Crippen molar-refractivity contribution in [2.24, 2.45) is 11.3 Å². The molecule has 0 aliphatic heterocycles. The number of allylic oxidation sites excluding steroid dienone is 1. The lowest BCUT2D eigenvalue weighted by Gasteiger charge is -2.19. The Bertz CT molecular complexity index is 1470. The van der Waals surface area contributed by atoms with Gasteiger partial charge < -0.3 is 5.32 Å². The van der Waals surface area contributed by atoms with Crippen LogP contribution in [0.5, 0.6) is 0 Å². The molecule has 14 heteroatoms. The third kappa shape index (κ3) is 11.2. The van der Waals surface area contributed by atoms with E-state index in [4.69, 9.17) is 11.6 Å². The molecule has 44 heavy (non-hydrogen) atoms. The maximum absolute atomic E-state index is 15.2. The number of carbonyl (C=O) groups excluding carboxylic acids is 2. The van der Waals surface area contributed by atoms with Gasteiger partial charge in [0.15, 0.2) is 5.78 Å². The predicted molar refractivity (Wildman–Crippen MR) is 144 cm³/mol. The predicted octanol–water partition coefficient (Wildman–Crippen LogP) is 9.30. The van der Waals surface area contributed by atoms with Crippen molar-refractivity contribution in [2.45, 2.75) is 58.6 Å². The normalized spacial score (nSPS) is 14.4. The smallest absolute Gasteiger partial charge is 0.347 e. The molecule has 0 aromatic heterocycles. The van der Waals surface area contributed by atoms with Crippen molar-refractivity contribution in [3.8, 4) is 11.8 Å². The lowest BCUT2D eigenvalue weighted by Crippen LogP contribution is -2.37. The summed E-state index contributed by atoms with van der Waals surface area (Å²) in [6, 6.07) is 4.55. The van der Waals surface area contributed by atoms with Crippen molar-refractivity contribution in [1.29, 1.82) is 0 Å². The van der Waals surface area contributed by atoms with Crippen LogP contribution in [-0.2, 0) is 11.0 Å². The van der Waals surface area contributed by atoms with Gasteiger partial charge in [-0.3, -0.25) is 9.59 Å². The van der Waals surface area contributed by atoms with E-state index in [9.17, 15) is 49.1 Å². The Morgan fingerprint density at radius 3 is 2.09 bits per heavy atom. The van der Waals surface area contributed by atoms with Gasteiger partial charge in [-0.2, -0.15) is 39.5 Å². The number of benzene rings is 2. The van der Waals surface area contributed by atoms with Gasteiger partial charge in [-0.05, 0) is 56.7 Å². The molecule has 0 aliphatic carbocycles. The molecule has 0 saturated carbocycles. The summed E-state index contributed by atoms with van der Waals surface area (Å²) in [6.07, 6.45) is -16.0. The molecule has 0 saturated heterocycles. The van der Waals surface area contributed by atoms with Gasteiger partial charge in [0.2, 0.25) is 5.91 Å². The number of alkyl halides is 9. The molecule has 1 unspecified atom stereocenters. The first-order chi connectivity index (χ1) is 19.9. The Morgan fingerprint density at radius 2 is 1.57 bits per heavy atom. The average molecular weight is 658 g/mol. The quantitative estimate of drug-likeness (QED) is 0.175. The van der Waals surface area contributed by atoms with Crippen LogP contribution in [0.1, 0.15) is 72.6 Å². The van der Waals surface area contributed by atoms with Crippen LogP contribution in [0.15, 0.2) is 42.5 Å². The summed E-state index contributed by atoms with van der Waals surface area (Å²) in [7, 11) is 0. The molecule has 0 fully saturated rings. The highest BCUT2D eigenvalue weighted by Crippen LogP contribution is 2.41. The largest absolute Gasteiger partial charge is 0.417 e. The second kappa shape index (κ2) is 13.6. The number of hydrogen-bond acceptors (Lipinski definition) is 2. The Kier molecular flexibility index (Phi) is 11.4. The molecule has 2 atom stereocenters. The SMILES string of the molecule is C[C@@H](CC(=O)c1ccc(/C(F)=C/C(c2cc(Cl)cc(C#CC(C)(C)C)c2)C(F)(F)F)cc1C(F)(F)F)C(=O)NCC(F)(F)F. The van der Waals surface area contributed by atoms with Crippen molar-refractivity contribution >= 4 is 29.1 Å². The highest BCUT2D eigenvalue weighted by atomic mass is 35.5. The summed E-state index contributed by atoms with van der Waals surface area (Å²) in [5, 5.41) is 1.36. The lowest BCUT2D eigenvalue weighted by molar-refractivity contribution is -0.140. The van der Waals surface area contributed by atoms with Crippen molar-refractivity contribution in [1.82, 2.24) is 5.32 Å². The minimum Gasteiger partial charge on any atom is -0.347 e. The number of halogens is 11.